The fourth-order valence-electron chi connectivity index (χ4n) is 3.10. The maximum atomic E-state index is 13.0. The van der Waals surface area contributed by atoms with E-state index in [1.165, 1.54) is 0 Å². The van der Waals surface area contributed by atoms with Crippen molar-refractivity contribution < 1.29 is 27.4 Å². The molecule has 0 spiro atoms. The van der Waals surface area contributed by atoms with Crippen molar-refractivity contribution in [3.63, 3.8) is 0 Å². The van der Waals surface area contributed by atoms with Crippen LogP contribution in [0.3, 0.4) is 0 Å². The van der Waals surface area contributed by atoms with Gasteiger partial charge in [-0.2, -0.15) is 13.2 Å². The minimum atomic E-state index is -4.56. The Hall–Kier alpha value is -3.18. The van der Waals surface area contributed by atoms with Gasteiger partial charge in [0.05, 0.1) is 28.6 Å². The van der Waals surface area contributed by atoms with Gasteiger partial charge < -0.3 is 14.8 Å². The zero-order valence-corrected chi connectivity index (χ0v) is 21.1. The molecular formula is C24H24ClF3N4O3S. The van der Waals surface area contributed by atoms with Gasteiger partial charge in [-0.15, -0.1) is 16.8 Å². The van der Waals surface area contributed by atoms with Gasteiger partial charge in [0, 0.05) is 6.54 Å². The van der Waals surface area contributed by atoms with Crippen LogP contribution < -0.4 is 14.8 Å². The normalized spacial score (nSPS) is 11.3. The first-order valence-corrected chi connectivity index (χ1v) is 12.2. The van der Waals surface area contributed by atoms with Crippen LogP contribution in [0.15, 0.2) is 54.2 Å². The highest BCUT2D eigenvalue weighted by Crippen LogP contribution is 2.34. The molecule has 0 radical (unpaired) electrons. The second-order valence-corrected chi connectivity index (χ2v) is 8.85. The van der Waals surface area contributed by atoms with E-state index in [-0.39, 0.29) is 23.1 Å². The number of hydrogen-bond donors (Lipinski definition) is 1. The Labute approximate surface area is 215 Å². The molecule has 36 heavy (non-hydrogen) atoms. The lowest BCUT2D eigenvalue weighted by atomic mass is 10.2. The molecule has 0 atom stereocenters. The quantitative estimate of drug-likeness (QED) is 0.232. The Morgan fingerprint density at radius 1 is 1.19 bits per heavy atom. The SMILES string of the molecule is C=CCn1c(COc2ccc(C)cc2OCC)nnc1SCC(=O)Nc1cc(C(F)(F)F)ccc1Cl. The zero-order valence-electron chi connectivity index (χ0n) is 19.6. The van der Waals surface area contributed by atoms with Crippen LogP contribution in [0, 0.1) is 6.92 Å². The number of carbonyl (C=O) groups is 1. The summed E-state index contributed by atoms with van der Waals surface area (Å²) in [4.78, 5) is 12.4. The van der Waals surface area contributed by atoms with E-state index in [2.05, 4.69) is 22.1 Å². The predicted molar refractivity (Wildman–Crippen MR) is 133 cm³/mol. The fourth-order valence-corrected chi connectivity index (χ4v) is 4.04. The molecule has 3 aromatic rings. The van der Waals surface area contributed by atoms with E-state index in [4.69, 9.17) is 21.1 Å². The molecule has 0 saturated carbocycles. The Kier molecular flexibility index (Phi) is 9.27. The molecule has 192 valence electrons. The molecule has 12 heteroatoms. The van der Waals surface area contributed by atoms with Crippen molar-refractivity contribution in [2.45, 2.75) is 38.3 Å². The maximum Gasteiger partial charge on any atom is 0.416 e. The molecule has 1 heterocycles. The number of hydrogen-bond acceptors (Lipinski definition) is 6. The third-order valence-corrected chi connectivity index (χ3v) is 6.06. The van der Waals surface area contributed by atoms with Crippen LogP contribution in [0.5, 0.6) is 11.5 Å². The number of thioether (sulfide) groups is 1. The van der Waals surface area contributed by atoms with Crippen molar-refractivity contribution in [2.75, 3.05) is 17.7 Å². The van der Waals surface area contributed by atoms with Crippen molar-refractivity contribution in [1.82, 2.24) is 14.8 Å². The summed E-state index contributed by atoms with van der Waals surface area (Å²) in [6.07, 6.45) is -2.91. The number of amides is 1. The average Bonchev–Trinajstić information content (AvgIpc) is 3.20. The van der Waals surface area contributed by atoms with E-state index in [9.17, 15) is 18.0 Å². The second-order valence-electron chi connectivity index (χ2n) is 7.50. The summed E-state index contributed by atoms with van der Waals surface area (Å²) >= 11 is 7.02. The van der Waals surface area contributed by atoms with Crippen molar-refractivity contribution in [1.29, 1.82) is 0 Å². The Morgan fingerprint density at radius 2 is 1.97 bits per heavy atom. The number of alkyl halides is 3. The third kappa shape index (κ3) is 7.17. The lowest BCUT2D eigenvalue weighted by Crippen LogP contribution is -2.16. The number of aryl methyl sites for hydroxylation is 1. The average molecular weight is 541 g/mol. The van der Waals surface area contributed by atoms with E-state index in [1.807, 2.05) is 32.0 Å². The highest BCUT2D eigenvalue weighted by atomic mass is 35.5. The van der Waals surface area contributed by atoms with Gasteiger partial charge in [-0.25, -0.2) is 0 Å². The summed E-state index contributed by atoms with van der Waals surface area (Å²) in [5.41, 5.74) is -0.00256. The number of ether oxygens (including phenoxy) is 2. The molecule has 2 aromatic carbocycles. The maximum absolute atomic E-state index is 13.0. The highest BCUT2D eigenvalue weighted by molar-refractivity contribution is 7.99. The van der Waals surface area contributed by atoms with Crippen molar-refractivity contribution >= 4 is 35.0 Å². The molecule has 0 saturated heterocycles. The summed E-state index contributed by atoms with van der Waals surface area (Å²) in [6, 6.07) is 8.33. The standard InChI is InChI=1S/C24H24ClF3N4O3S/c1-4-10-32-21(13-35-19-9-6-15(3)11-20(19)34-5-2)30-31-23(32)36-14-22(33)29-18-12-16(24(26,27)28)7-8-17(18)25/h4,6-9,11-12H,1,5,10,13-14H2,2-3H3,(H,29,33). The minimum absolute atomic E-state index is 0.00173. The van der Waals surface area contributed by atoms with E-state index in [0.29, 0.717) is 35.6 Å². The van der Waals surface area contributed by atoms with Crippen molar-refractivity contribution in [3.05, 3.63) is 71.0 Å². The second kappa shape index (κ2) is 12.2. The van der Waals surface area contributed by atoms with Gasteiger partial charge in [-0.1, -0.05) is 35.5 Å². The van der Waals surface area contributed by atoms with Gasteiger partial charge in [0.1, 0.15) is 6.61 Å². The van der Waals surface area contributed by atoms with Gasteiger partial charge in [0.25, 0.3) is 0 Å². The van der Waals surface area contributed by atoms with Gasteiger partial charge in [0.15, 0.2) is 22.5 Å². The summed E-state index contributed by atoms with van der Waals surface area (Å²) in [5.74, 6) is 0.999. The molecule has 0 unspecified atom stereocenters. The van der Waals surface area contributed by atoms with Gasteiger partial charge in [0.2, 0.25) is 5.91 Å². The number of nitrogens with zero attached hydrogens (tertiary/aromatic N) is 3. The first kappa shape index (κ1) is 27.4. The lowest BCUT2D eigenvalue weighted by molar-refractivity contribution is -0.137. The number of anilines is 1. The number of halogens is 4. The number of aromatic nitrogens is 3. The lowest BCUT2D eigenvalue weighted by Gasteiger charge is -2.13. The largest absolute Gasteiger partial charge is 0.490 e. The molecule has 0 fully saturated rings. The predicted octanol–water partition coefficient (Wildman–Crippen LogP) is 6.15. The minimum Gasteiger partial charge on any atom is -0.490 e. The van der Waals surface area contributed by atoms with Crippen molar-refractivity contribution in [2.24, 2.45) is 0 Å². The summed E-state index contributed by atoms with van der Waals surface area (Å²) in [6.45, 7) is 8.52. The Balaban J connectivity index is 1.67. The van der Waals surface area contributed by atoms with Gasteiger partial charge in [-0.05, 0) is 49.7 Å². The Morgan fingerprint density at radius 3 is 2.67 bits per heavy atom. The molecule has 0 aliphatic heterocycles. The topological polar surface area (TPSA) is 78.3 Å². The van der Waals surface area contributed by atoms with E-state index in [1.54, 1.807) is 10.6 Å². The van der Waals surface area contributed by atoms with Crippen molar-refractivity contribution in [3.8, 4) is 11.5 Å². The van der Waals surface area contributed by atoms with Gasteiger partial charge in [-0.3, -0.25) is 9.36 Å². The van der Waals surface area contributed by atoms with Gasteiger partial charge >= 0.3 is 6.18 Å². The zero-order chi connectivity index (χ0) is 26.3. The first-order chi connectivity index (χ1) is 17.1. The van der Waals surface area contributed by atoms with Crippen LogP contribution in [-0.4, -0.2) is 33.0 Å². The van der Waals surface area contributed by atoms with Crippen LogP contribution in [0.25, 0.3) is 0 Å². The van der Waals surface area contributed by atoms with Crippen LogP contribution in [0.2, 0.25) is 5.02 Å². The molecule has 1 amide bonds. The monoisotopic (exact) mass is 540 g/mol. The van der Waals surface area contributed by atoms with Crippen LogP contribution in [0.4, 0.5) is 18.9 Å². The van der Waals surface area contributed by atoms with E-state index in [0.717, 1.165) is 35.5 Å². The van der Waals surface area contributed by atoms with Crippen LogP contribution >= 0.6 is 23.4 Å². The third-order valence-electron chi connectivity index (χ3n) is 4.76. The molecular weight excluding hydrogens is 517 g/mol. The number of carbonyl (C=O) groups excluding carboxylic acids is 1. The summed E-state index contributed by atoms with van der Waals surface area (Å²) in [7, 11) is 0. The highest BCUT2D eigenvalue weighted by Gasteiger charge is 2.31. The molecule has 0 aliphatic rings. The number of rotatable bonds is 11. The number of nitrogens with one attached hydrogen (secondary N) is 1. The molecule has 1 aromatic heterocycles. The summed E-state index contributed by atoms with van der Waals surface area (Å²) in [5, 5.41) is 11.1. The molecule has 0 bridgehead atoms. The number of allylic oxidation sites excluding steroid dienone is 1. The first-order valence-electron chi connectivity index (χ1n) is 10.8. The fraction of sp³-hybridized carbons (Fsp3) is 0.292. The molecule has 3 rings (SSSR count). The number of benzene rings is 2. The molecule has 0 aliphatic carbocycles. The smallest absolute Gasteiger partial charge is 0.416 e. The van der Waals surface area contributed by atoms with E-state index >= 15 is 0 Å². The van der Waals surface area contributed by atoms with Crippen LogP contribution in [-0.2, 0) is 24.1 Å². The van der Waals surface area contributed by atoms with Crippen LogP contribution in [0.1, 0.15) is 23.9 Å². The molecule has 1 N–H and O–H groups in total. The molecule has 7 nitrogen and oxygen atoms in total. The van der Waals surface area contributed by atoms with E-state index < -0.39 is 17.6 Å². The summed E-state index contributed by atoms with van der Waals surface area (Å²) < 4.78 is 52.2. The Bertz CT molecular complexity index is 1230.